The van der Waals surface area contributed by atoms with Crippen LogP contribution in [0.5, 0.6) is 11.5 Å². The van der Waals surface area contributed by atoms with Crippen LogP contribution in [0.1, 0.15) is 82.2 Å². The van der Waals surface area contributed by atoms with E-state index in [2.05, 4.69) is 0 Å². The lowest BCUT2D eigenvalue weighted by molar-refractivity contribution is -0.247. The lowest BCUT2D eigenvalue weighted by Gasteiger charge is -2.42. The number of fused-ring (bicyclic) bond motifs is 3. The van der Waals surface area contributed by atoms with E-state index < -0.39 is 53.6 Å². The van der Waals surface area contributed by atoms with Crippen LogP contribution in [-0.2, 0) is 15.9 Å². The van der Waals surface area contributed by atoms with E-state index in [-0.39, 0.29) is 47.3 Å². The van der Waals surface area contributed by atoms with E-state index in [1.165, 1.54) is 24.3 Å². The normalized spacial score (nSPS) is 32.1. The standard InChI is InChI=1S/C26H29NO8/c1-3-26(33)9-12-7-14-21(25(32)20-13(23(14)30)5-4-6-16(20)28)24(31)19(12)17(10-26)35-18-8-15(27)22(29)11(2)34-18/h4-7,11,15,17-18,22,28-29,31,33H,3,8-10,27H2,1-2H3/t11-,15-,17-,18-,22+,26-/m0/s1. The molecule has 5 rings (SSSR count). The molecule has 9 nitrogen and oxygen atoms in total. The van der Waals surface area contributed by atoms with Crippen LogP contribution >= 0.6 is 0 Å². The summed E-state index contributed by atoms with van der Waals surface area (Å²) in [5.41, 5.74) is 5.42. The summed E-state index contributed by atoms with van der Waals surface area (Å²) in [4.78, 5) is 26.6. The van der Waals surface area contributed by atoms with Crippen molar-refractivity contribution in [2.75, 3.05) is 0 Å². The summed E-state index contributed by atoms with van der Waals surface area (Å²) >= 11 is 0. The molecule has 0 radical (unpaired) electrons. The molecule has 1 heterocycles. The number of aromatic hydroxyl groups is 2. The van der Waals surface area contributed by atoms with Crippen LogP contribution in [0.3, 0.4) is 0 Å². The first-order valence-electron chi connectivity index (χ1n) is 11.8. The maximum atomic E-state index is 13.4. The van der Waals surface area contributed by atoms with E-state index in [9.17, 15) is 30.0 Å². The van der Waals surface area contributed by atoms with Gasteiger partial charge in [-0.25, -0.2) is 0 Å². The number of carbonyl (C=O) groups excluding carboxylic acids is 2. The van der Waals surface area contributed by atoms with E-state index in [1.807, 2.05) is 6.92 Å². The summed E-state index contributed by atoms with van der Waals surface area (Å²) in [5.74, 6) is -1.89. The fourth-order valence-electron chi connectivity index (χ4n) is 5.51. The van der Waals surface area contributed by atoms with Crippen molar-refractivity contribution < 1.29 is 39.5 Å². The van der Waals surface area contributed by atoms with Gasteiger partial charge in [0.05, 0.1) is 35.0 Å². The third-order valence-electron chi connectivity index (χ3n) is 7.54. The Morgan fingerprint density at radius 1 is 1.17 bits per heavy atom. The second kappa shape index (κ2) is 8.39. The number of hydrogen-bond acceptors (Lipinski definition) is 9. The van der Waals surface area contributed by atoms with Crippen LogP contribution in [0.4, 0.5) is 0 Å². The molecule has 6 N–H and O–H groups in total. The van der Waals surface area contributed by atoms with Crippen molar-refractivity contribution in [1.29, 1.82) is 0 Å². The van der Waals surface area contributed by atoms with Crippen molar-refractivity contribution in [2.45, 2.75) is 75.8 Å². The Kier molecular flexibility index (Phi) is 5.73. The summed E-state index contributed by atoms with van der Waals surface area (Å²) in [6.07, 6.45) is -2.21. The number of phenols is 2. The van der Waals surface area contributed by atoms with Crippen LogP contribution in [0.2, 0.25) is 0 Å². The third-order valence-corrected chi connectivity index (χ3v) is 7.54. The van der Waals surface area contributed by atoms with Crippen LogP contribution in [-0.4, -0.2) is 62.1 Å². The number of nitrogens with two attached hydrogens (primary N) is 1. The van der Waals surface area contributed by atoms with Gasteiger partial charge in [0, 0.05) is 42.0 Å². The maximum Gasteiger partial charge on any atom is 0.201 e. The summed E-state index contributed by atoms with van der Waals surface area (Å²) in [7, 11) is 0. The molecule has 3 aliphatic rings. The highest BCUT2D eigenvalue weighted by atomic mass is 16.7. The van der Waals surface area contributed by atoms with Gasteiger partial charge in [0.1, 0.15) is 11.5 Å². The number of benzene rings is 2. The Labute approximate surface area is 202 Å². The van der Waals surface area contributed by atoms with Gasteiger partial charge in [-0.05, 0) is 31.0 Å². The number of ether oxygens (including phenoxy) is 2. The highest BCUT2D eigenvalue weighted by Gasteiger charge is 2.45. The summed E-state index contributed by atoms with van der Waals surface area (Å²) in [6, 6.07) is 5.22. The smallest absolute Gasteiger partial charge is 0.201 e. The SMILES string of the molecule is CC[C@]1(O)Cc2cc3c(c(O)c2[C@@H](O[C@H]2C[C@H](N)[C@H](O)[C@H](C)O2)C1)C(=O)c1c(O)cccc1C3=O. The van der Waals surface area contributed by atoms with E-state index in [1.54, 1.807) is 6.92 Å². The predicted molar refractivity (Wildman–Crippen MR) is 123 cm³/mol. The third kappa shape index (κ3) is 3.75. The highest BCUT2D eigenvalue weighted by Crippen LogP contribution is 2.49. The molecule has 0 spiro atoms. The van der Waals surface area contributed by atoms with Crippen molar-refractivity contribution in [1.82, 2.24) is 0 Å². The minimum Gasteiger partial charge on any atom is -0.507 e. The molecule has 0 aromatic heterocycles. The molecule has 1 fully saturated rings. The van der Waals surface area contributed by atoms with E-state index in [0.717, 1.165) is 0 Å². The minimum absolute atomic E-state index is 0.0242. The molecule has 1 saturated heterocycles. The predicted octanol–water partition coefficient (Wildman–Crippen LogP) is 1.84. The number of ketones is 2. The van der Waals surface area contributed by atoms with Gasteiger partial charge in [-0.15, -0.1) is 0 Å². The van der Waals surface area contributed by atoms with Gasteiger partial charge in [0.25, 0.3) is 0 Å². The molecule has 0 bridgehead atoms. The van der Waals surface area contributed by atoms with Gasteiger partial charge >= 0.3 is 0 Å². The second-order valence-electron chi connectivity index (χ2n) is 9.82. The van der Waals surface area contributed by atoms with Gasteiger partial charge in [-0.1, -0.05) is 19.1 Å². The summed E-state index contributed by atoms with van der Waals surface area (Å²) in [5, 5.41) is 43.0. The zero-order chi connectivity index (χ0) is 25.2. The van der Waals surface area contributed by atoms with Crippen LogP contribution in [0, 0.1) is 0 Å². The average molecular weight is 484 g/mol. The highest BCUT2D eigenvalue weighted by molar-refractivity contribution is 6.30. The first-order chi connectivity index (χ1) is 16.5. The molecule has 2 aromatic rings. The molecule has 35 heavy (non-hydrogen) atoms. The molecule has 6 atom stereocenters. The first kappa shape index (κ1) is 23.9. The largest absolute Gasteiger partial charge is 0.507 e. The molecule has 0 saturated carbocycles. The zero-order valence-electron chi connectivity index (χ0n) is 19.5. The van der Waals surface area contributed by atoms with Gasteiger partial charge in [-0.2, -0.15) is 0 Å². The number of aliphatic hydroxyl groups excluding tert-OH is 1. The number of aliphatic hydroxyl groups is 2. The van der Waals surface area contributed by atoms with Crippen LogP contribution < -0.4 is 5.73 Å². The van der Waals surface area contributed by atoms with Gasteiger partial charge in [0.2, 0.25) is 5.78 Å². The molecular formula is C26H29NO8. The Balaban J connectivity index is 1.61. The number of carbonyl (C=O) groups is 2. The topological polar surface area (TPSA) is 160 Å². The van der Waals surface area contributed by atoms with Crippen molar-refractivity contribution in [2.24, 2.45) is 5.73 Å². The molecule has 9 heteroatoms. The molecular weight excluding hydrogens is 454 g/mol. The second-order valence-corrected chi connectivity index (χ2v) is 9.82. The average Bonchev–Trinajstić information content (AvgIpc) is 2.80. The Hall–Kier alpha value is -2.82. The van der Waals surface area contributed by atoms with Crippen LogP contribution in [0.15, 0.2) is 24.3 Å². The van der Waals surface area contributed by atoms with Gasteiger partial charge < -0.3 is 35.6 Å². The van der Waals surface area contributed by atoms with Crippen molar-refractivity contribution in [3.05, 3.63) is 57.6 Å². The molecule has 186 valence electrons. The fraction of sp³-hybridized carbons (Fsp3) is 0.462. The Morgan fingerprint density at radius 3 is 2.60 bits per heavy atom. The minimum atomic E-state index is -1.17. The zero-order valence-corrected chi connectivity index (χ0v) is 19.5. The van der Waals surface area contributed by atoms with Crippen LogP contribution in [0.25, 0.3) is 0 Å². The van der Waals surface area contributed by atoms with Crippen molar-refractivity contribution in [3.8, 4) is 11.5 Å². The quantitative estimate of drug-likeness (QED) is 0.374. The van der Waals surface area contributed by atoms with E-state index in [0.29, 0.717) is 17.5 Å². The monoisotopic (exact) mass is 483 g/mol. The Bertz CT molecular complexity index is 1210. The lowest BCUT2D eigenvalue weighted by Crippen LogP contribution is -2.52. The molecule has 0 amide bonds. The number of rotatable bonds is 3. The fourth-order valence-corrected chi connectivity index (χ4v) is 5.51. The van der Waals surface area contributed by atoms with E-state index in [4.69, 9.17) is 15.2 Å². The van der Waals surface area contributed by atoms with Gasteiger partial charge in [0.15, 0.2) is 12.1 Å². The Morgan fingerprint density at radius 2 is 1.91 bits per heavy atom. The molecule has 2 aromatic carbocycles. The maximum absolute atomic E-state index is 13.4. The number of phenolic OH excluding ortho intramolecular Hbond substituents is 2. The lowest BCUT2D eigenvalue weighted by atomic mass is 9.73. The van der Waals surface area contributed by atoms with Gasteiger partial charge in [-0.3, -0.25) is 9.59 Å². The summed E-state index contributed by atoms with van der Waals surface area (Å²) < 4.78 is 12.0. The van der Waals surface area contributed by atoms with Crippen molar-refractivity contribution in [3.63, 3.8) is 0 Å². The first-order valence-corrected chi connectivity index (χ1v) is 11.8. The number of hydrogen-bond donors (Lipinski definition) is 5. The van der Waals surface area contributed by atoms with Crippen molar-refractivity contribution >= 4 is 11.6 Å². The summed E-state index contributed by atoms with van der Waals surface area (Å²) in [6.45, 7) is 3.51. The molecule has 2 aliphatic carbocycles. The molecule has 1 aliphatic heterocycles. The molecule has 0 unspecified atom stereocenters. The van der Waals surface area contributed by atoms with E-state index >= 15 is 0 Å².